The Labute approximate surface area is 121 Å². The first-order valence-electron chi connectivity index (χ1n) is 7.55. The summed E-state index contributed by atoms with van der Waals surface area (Å²) in [6, 6.07) is -0.624. The van der Waals surface area contributed by atoms with Crippen molar-refractivity contribution in [2.24, 2.45) is 5.92 Å². The van der Waals surface area contributed by atoms with E-state index in [-0.39, 0.29) is 29.5 Å². The molecule has 2 rings (SSSR count). The van der Waals surface area contributed by atoms with E-state index in [1.54, 1.807) is 12.0 Å². The summed E-state index contributed by atoms with van der Waals surface area (Å²) in [6.07, 6.45) is 3.48. The molecule has 2 fully saturated rings. The van der Waals surface area contributed by atoms with Gasteiger partial charge >= 0.3 is 0 Å². The average molecular weight is 282 g/mol. The molecule has 0 aromatic carbocycles. The molecular formula is C15H26N2O3. The van der Waals surface area contributed by atoms with Crippen molar-refractivity contribution in [2.45, 2.75) is 64.1 Å². The molecule has 1 saturated heterocycles. The summed E-state index contributed by atoms with van der Waals surface area (Å²) < 4.78 is 5.42. The third kappa shape index (κ3) is 3.14. The number of amides is 2. The Bertz CT molecular complexity index is 391. The normalized spacial score (nSPS) is 27.7. The highest BCUT2D eigenvalue weighted by atomic mass is 16.5. The highest BCUT2D eigenvalue weighted by Crippen LogP contribution is 2.37. The van der Waals surface area contributed by atoms with Gasteiger partial charge in [0, 0.05) is 13.7 Å². The maximum absolute atomic E-state index is 12.5. The van der Waals surface area contributed by atoms with Crippen LogP contribution in [0.15, 0.2) is 0 Å². The number of nitrogens with zero attached hydrogens (tertiary/aromatic N) is 1. The van der Waals surface area contributed by atoms with Crippen molar-refractivity contribution in [1.82, 2.24) is 10.2 Å². The number of carbonyl (C=O) groups excluding carboxylic acids is 2. The monoisotopic (exact) mass is 282 g/mol. The summed E-state index contributed by atoms with van der Waals surface area (Å²) in [5, 5.41) is 2.87. The Balaban J connectivity index is 2.10. The molecule has 1 N–H and O–H groups in total. The summed E-state index contributed by atoms with van der Waals surface area (Å²) in [4.78, 5) is 26.6. The Morgan fingerprint density at radius 3 is 2.50 bits per heavy atom. The molecule has 1 heterocycles. The van der Waals surface area contributed by atoms with Gasteiger partial charge in [0.15, 0.2) is 0 Å². The van der Waals surface area contributed by atoms with Crippen molar-refractivity contribution in [3.8, 4) is 0 Å². The second-order valence-electron chi connectivity index (χ2n) is 6.50. The molecule has 114 valence electrons. The quantitative estimate of drug-likeness (QED) is 0.799. The molecule has 5 heteroatoms. The summed E-state index contributed by atoms with van der Waals surface area (Å²) >= 11 is 0. The van der Waals surface area contributed by atoms with Crippen molar-refractivity contribution in [2.75, 3.05) is 13.7 Å². The van der Waals surface area contributed by atoms with Gasteiger partial charge in [-0.3, -0.25) is 9.59 Å². The van der Waals surface area contributed by atoms with Crippen LogP contribution in [0.4, 0.5) is 0 Å². The van der Waals surface area contributed by atoms with E-state index in [1.807, 2.05) is 20.8 Å². The van der Waals surface area contributed by atoms with Gasteiger partial charge in [0.25, 0.3) is 0 Å². The fourth-order valence-corrected chi connectivity index (χ4v) is 2.70. The van der Waals surface area contributed by atoms with Gasteiger partial charge in [0.2, 0.25) is 11.8 Å². The van der Waals surface area contributed by atoms with Gasteiger partial charge in [-0.15, -0.1) is 0 Å². The Kier molecular flexibility index (Phi) is 4.37. The zero-order chi connectivity index (χ0) is 14.9. The number of hydrogen-bond acceptors (Lipinski definition) is 3. The molecular weight excluding hydrogens is 256 g/mol. The lowest BCUT2D eigenvalue weighted by atomic mass is 9.98. The van der Waals surface area contributed by atoms with Crippen LogP contribution in [0.3, 0.4) is 0 Å². The molecule has 0 radical (unpaired) electrons. The molecule has 1 aliphatic carbocycles. The lowest BCUT2D eigenvalue weighted by Crippen LogP contribution is -2.64. The minimum Gasteiger partial charge on any atom is -0.379 e. The first-order valence-corrected chi connectivity index (χ1v) is 7.55. The van der Waals surface area contributed by atoms with Crippen molar-refractivity contribution in [1.29, 1.82) is 0 Å². The maximum atomic E-state index is 12.5. The van der Waals surface area contributed by atoms with Gasteiger partial charge in [0.05, 0.1) is 5.60 Å². The van der Waals surface area contributed by atoms with Crippen molar-refractivity contribution < 1.29 is 14.3 Å². The van der Waals surface area contributed by atoms with Crippen LogP contribution in [0, 0.1) is 5.92 Å². The van der Waals surface area contributed by atoms with Crippen LogP contribution in [0.25, 0.3) is 0 Å². The van der Waals surface area contributed by atoms with E-state index in [4.69, 9.17) is 4.74 Å². The van der Waals surface area contributed by atoms with Crippen LogP contribution in [0.1, 0.15) is 46.5 Å². The molecule has 0 aromatic heterocycles. The number of nitrogens with one attached hydrogen (secondary N) is 1. The van der Waals surface area contributed by atoms with Crippen LogP contribution in [0.5, 0.6) is 0 Å². The molecule has 2 amide bonds. The van der Waals surface area contributed by atoms with E-state index in [0.29, 0.717) is 18.9 Å². The Morgan fingerprint density at radius 1 is 1.35 bits per heavy atom. The van der Waals surface area contributed by atoms with E-state index < -0.39 is 0 Å². The average Bonchev–Trinajstić information content (AvgIpc) is 3.23. The van der Waals surface area contributed by atoms with Gasteiger partial charge in [0.1, 0.15) is 12.1 Å². The molecule has 2 unspecified atom stereocenters. The largest absolute Gasteiger partial charge is 0.379 e. The first kappa shape index (κ1) is 15.3. The van der Waals surface area contributed by atoms with E-state index in [0.717, 1.165) is 19.3 Å². The van der Waals surface area contributed by atoms with E-state index in [1.165, 1.54) is 0 Å². The van der Waals surface area contributed by atoms with E-state index in [2.05, 4.69) is 5.32 Å². The highest BCUT2D eigenvalue weighted by Gasteiger charge is 2.47. The zero-order valence-electron chi connectivity index (χ0n) is 12.9. The standard InChI is InChI=1S/C15H26N2O3/c1-5-11-14(19)17(9-8-15(2,3)20-4)12(10-6-7-10)13(18)16-11/h10-12H,5-9H2,1-4H3,(H,16,18). The molecule has 0 aromatic rings. The molecule has 0 spiro atoms. The highest BCUT2D eigenvalue weighted by molar-refractivity contribution is 5.97. The lowest BCUT2D eigenvalue weighted by molar-refractivity contribution is -0.151. The molecule has 2 aliphatic rings. The number of rotatable bonds is 6. The first-order chi connectivity index (χ1) is 9.39. The van der Waals surface area contributed by atoms with Crippen molar-refractivity contribution in [3.05, 3.63) is 0 Å². The third-order valence-electron chi connectivity index (χ3n) is 4.49. The molecule has 20 heavy (non-hydrogen) atoms. The summed E-state index contributed by atoms with van der Waals surface area (Å²) in [7, 11) is 1.68. The molecule has 5 nitrogen and oxygen atoms in total. The number of carbonyl (C=O) groups is 2. The van der Waals surface area contributed by atoms with Gasteiger partial charge in [-0.25, -0.2) is 0 Å². The zero-order valence-corrected chi connectivity index (χ0v) is 12.9. The van der Waals surface area contributed by atoms with Gasteiger partial charge < -0.3 is 15.0 Å². The number of methoxy groups -OCH3 is 1. The Hall–Kier alpha value is -1.10. The van der Waals surface area contributed by atoms with Crippen molar-refractivity contribution >= 4 is 11.8 Å². The molecule has 1 aliphatic heterocycles. The summed E-state index contributed by atoms with van der Waals surface area (Å²) in [5.41, 5.74) is -0.274. The summed E-state index contributed by atoms with van der Waals surface area (Å²) in [6.45, 7) is 6.53. The van der Waals surface area contributed by atoms with Crippen LogP contribution < -0.4 is 5.32 Å². The topological polar surface area (TPSA) is 58.6 Å². The van der Waals surface area contributed by atoms with E-state index in [9.17, 15) is 9.59 Å². The Morgan fingerprint density at radius 2 is 2.00 bits per heavy atom. The van der Waals surface area contributed by atoms with Crippen LogP contribution in [-0.2, 0) is 14.3 Å². The van der Waals surface area contributed by atoms with Gasteiger partial charge in [-0.05, 0) is 45.4 Å². The fourth-order valence-electron chi connectivity index (χ4n) is 2.70. The second-order valence-corrected chi connectivity index (χ2v) is 6.50. The van der Waals surface area contributed by atoms with Crippen LogP contribution in [0.2, 0.25) is 0 Å². The third-order valence-corrected chi connectivity index (χ3v) is 4.49. The fraction of sp³-hybridized carbons (Fsp3) is 0.867. The predicted octanol–water partition coefficient (Wildman–Crippen LogP) is 1.32. The SMILES string of the molecule is CCC1NC(=O)C(C2CC2)N(CCC(C)(C)OC)C1=O. The smallest absolute Gasteiger partial charge is 0.245 e. The number of piperazine rings is 1. The maximum Gasteiger partial charge on any atom is 0.245 e. The number of hydrogen-bond donors (Lipinski definition) is 1. The molecule has 2 atom stereocenters. The second kappa shape index (κ2) is 5.72. The predicted molar refractivity (Wildman–Crippen MR) is 76.2 cm³/mol. The van der Waals surface area contributed by atoms with Crippen LogP contribution in [-0.4, -0.2) is 48.1 Å². The van der Waals surface area contributed by atoms with Crippen molar-refractivity contribution in [3.63, 3.8) is 0 Å². The number of ether oxygens (including phenoxy) is 1. The molecule has 0 bridgehead atoms. The minimum absolute atomic E-state index is 0.0224. The minimum atomic E-state index is -0.358. The lowest BCUT2D eigenvalue weighted by Gasteiger charge is -2.40. The van der Waals surface area contributed by atoms with Crippen LogP contribution >= 0.6 is 0 Å². The van der Waals surface area contributed by atoms with Gasteiger partial charge in [-0.1, -0.05) is 6.92 Å². The molecule has 1 saturated carbocycles. The van der Waals surface area contributed by atoms with E-state index >= 15 is 0 Å². The summed E-state index contributed by atoms with van der Waals surface area (Å²) in [5.74, 6) is 0.437. The van der Waals surface area contributed by atoms with Gasteiger partial charge in [-0.2, -0.15) is 0 Å².